The summed E-state index contributed by atoms with van der Waals surface area (Å²) in [6.45, 7) is 0.256. The Bertz CT molecular complexity index is 886. The monoisotopic (exact) mass is 384 g/mol. The number of carbonyl (C=O) groups excluding carboxylic acids is 3. The van der Waals surface area contributed by atoms with Crippen LogP contribution in [0.5, 0.6) is 11.6 Å². The highest BCUT2D eigenvalue weighted by molar-refractivity contribution is 6.11. The molecule has 0 bridgehead atoms. The number of nitrogens with one attached hydrogen (secondary N) is 2. The number of pyridine rings is 1. The van der Waals surface area contributed by atoms with E-state index in [1.165, 1.54) is 12.0 Å². The lowest BCUT2D eigenvalue weighted by molar-refractivity contribution is -0.125. The topological polar surface area (TPSA) is 110 Å². The third-order valence-corrected chi connectivity index (χ3v) is 3.99. The van der Waals surface area contributed by atoms with Gasteiger partial charge in [0.1, 0.15) is 18.0 Å². The Balaban J connectivity index is 1.72. The van der Waals surface area contributed by atoms with Crippen molar-refractivity contribution in [1.29, 1.82) is 0 Å². The van der Waals surface area contributed by atoms with Crippen LogP contribution in [0.4, 0.5) is 5.69 Å². The number of methoxy groups -OCH3 is 1. The largest absolute Gasteiger partial charge is 0.436 e. The van der Waals surface area contributed by atoms with Gasteiger partial charge in [0.2, 0.25) is 17.7 Å². The zero-order valence-electron chi connectivity index (χ0n) is 15.3. The third kappa shape index (κ3) is 4.44. The van der Waals surface area contributed by atoms with E-state index < -0.39 is 5.91 Å². The second kappa shape index (κ2) is 8.96. The van der Waals surface area contributed by atoms with E-state index in [9.17, 15) is 14.4 Å². The zero-order chi connectivity index (χ0) is 19.9. The molecule has 1 aromatic heterocycles. The summed E-state index contributed by atoms with van der Waals surface area (Å²) in [5.41, 5.74) is 0.703. The Morgan fingerprint density at radius 3 is 2.79 bits per heavy atom. The van der Waals surface area contributed by atoms with Crippen LogP contribution in [0.2, 0.25) is 0 Å². The zero-order valence-corrected chi connectivity index (χ0v) is 15.3. The first-order valence-corrected chi connectivity index (χ1v) is 8.66. The number of para-hydroxylation sites is 1. The van der Waals surface area contributed by atoms with Crippen molar-refractivity contribution in [2.45, 2.75) is 0 Å². The Morgan fingerprint density at radius 1 is 1.14 bits per heavy atom. The maximum absolute atomic E-state index is 13.0. The van der Waals surface area contributed by atoms with Gasteiger partial charge in [0.25, 0.3) is 5.91 Å². The normalized spacial score (nSPS) is 12.3. The number of aromatic nitrogens is 1. The van der Waals surface area contributed by atoms with Crippen molar-refractivity contribution < 1.29 is 23.9 Å². The van der Waals surface area contributed by atoms with Gasteiger partial charge in [0.15, 0.2) is 0 Å². The Kier molecular flexibility index (Phi) is 6.18. The van der Waals surface area contributed by atoms with Crippen molar-refractivity contribution in [3.05, 3.63) is 48.2 Å². The molecule has 0 fully saturated rings. The molecule has 0 aliphatic carbocycles. The van der Waals surface area contributed by atoms with Gasteiger partial charge in [-0.25, -0.2) is 4.98 Å². The lowest BCUT2D eigenvalue weighted by Crippen LogP contribution is -2.44. The smallest absolute Gasteiger partial charge is 0.262 e. The van der Waals surface area contributed by atoms with Crippen LogP contribution in [0.1, 0.15) is 10.4 Å². The van der Waals surface area contributed by atoms with E-state index in [-0.39, 0.29) is 30.8 Å². The Morgan fingerprint density at radius 2 is 1.96 bits per heavy atom. The molecule has 0 saturated heterocycles. The van der Waals surface area contributed by atoms with Gasteiger partial charge in [-0.3, -0.25) is 19.3 Å². The van der Waals surface area contributed by atoms with Crippen molar-refractivity contribution >= 4 is 23.4 Å². The molecule has 0 atom stereocenters. The molecule has 0 saturated carbocycles. The highest BCUT2D eigenvalue weighted by Crippen LogP contribution is 2.36. The van der Waals surface area contributed by atoms with Crippen LogP contribution in [0.3, 0.4) is 0 Å². The van der Waals surface area contributed by atoms with Gasteiger partial charge in [0.05, 0.1) is 18.7 Å². The number of hydrogen-bond acceptors (Lipinski definition) is 6. The average molecular weight is 384 g/mol. The SMILES string of the molecule is COCCNC(=O)CNC(=O)CN1C(=O)c2ccccc2Oc2ncccc21. The molecule has 2 heterocycles. The highest BCUT2D eigenvalue weighted by atomic mass is 16.5. The number of ether oxygens (including phenoxy) is 2. The molecular formula is C19H20N4O5. The number of hydrogen-bond donors (Lipinski definition) is 2. The molecule has 0 spiro atoms. The van der Waals surface area contributed by atoms with Crippen LogP contribution in [-0.2, 0) is 14.3 Å². The number of rotatable bonds is 7. The van der Waals surface area contributed by atoms with Crippen molar-refractivity contribution in [3.8, 4) is 11.6 Å². The van der Waals surface area contributed by atoms with Crippen molar-refractivity contribution in [3.63, 3.8) is 0 Å². The van der Waals surface area contributed by atoms with Crippen LogP contribution in [0, 0.1) is 0 Å². The first kappa shape index (κ1) is 19.3. The van der Waals surface area contributed by atoms with E-state index >= 15 is 0 Å². The molecule has 9 heteroatoms. The van der Waals surface area contributed by atoms with Crippen molar-refractivity contribution in [1.82, 2.24) is 15.6 Å². The van der Waals surface area contributed by atoms with E-state index in [0.717, 1.165) is 0 Å². The van der Waals surface area contributed by atoms with Gasteiger partial charge in [-0.15, -0.1) is 0 Å². The molecule has 9 nitrogen and oxygen atoms in total. The Labute approximate surface area is 161 Å². The summed E-state index contributed by atoms with van der Waals surface area (Å²) in [7, 11) is 1.53. The second-order valence-electron chi connectivity index (χ2n) is 5.94. The molecule has 1 aliphatic heterocycles. The second-order valence-corrected chi connectivity index (χ2v) is 5.94. The molecule has 1 aliphatic rings. The first-order valence-electron chi connectivity index (χ1n) is 8.66. The molecule has 3 amide bonds. The van der Waals surface area contributed by atoms with Crippen LogP contribution in [0.25, 0.3) is 0 Å². The fraction of sp³-hybridized carbons (Fsp3) is 0.263. The number of nitrogens with zero attached hydrogens (tertiary/aromatic N) is 2. The summed E-state index contributed by atoms with van der Waals surface area (Å²) >= 11 is 0. The van der Waals surface area contributed by atoms with E-state index in [4.69, 9.17) is 9.47 Å². The molecule has 2 N–H and O–H groups in total. The van der Waals surface area contributed by atoms with E-state index in [2.05, 4.69) is 15.6 Å². The fourth-order valence-corrected chi connectivity index (χ4v) is 2.65. The maximum Gasteiger partial charge on any atom is 0.262 e. The summed E-state index contributed by atoms with van der Waals surface area (Å²) < 4.78 is 10.6. The summed E-state index contributed by atoms with van der Waals surface area (Å²) in [6.07, 6.45) is 1.54. The van der Waals surface area contributed by atoms with Gasteiger partial charge in [-0.2, -0.15) is 0 Å². The van der Waals surface area contributed by atoms with Crippen molar-refractivity contribution in [2.75, 3.05) is 38.3 Å². The molecule has 2 aromatic rings. The average Bonchev–Trinajstić information content (AvgIpc) is 2.82. The molecule has 146 valence electrons. The van der Waals surface area contributed by atoms with Crippen LogP contribution in [-0.4, -0.2) is 56.1 Å². The highest BCUT2D eigenvalue weighted by Gasteiger charge is 2.30. The van der Waals surface area contributed by atoms with E-state index in [0.29, 0.717) is 30.2 Å². The first-order chi connectivity index (χ1) is 13.6. The van der Waals surface area contributed by atoms with Crippen LogP contribution >= 0.6 is 0 Å². The molecule has 1 aromatic carbocycles. The van der Waals surface area contributed by atoms with E-state index in [1.807, 2.05) is 0 Å². The summed E-state index contributed by atoms with van der Waals surface area (Å²) in [5, 5.41) is 5.11. The number of carbonyl (C=O) groups is 3. The van der Waals surface area contributed by atoms with Gasteiger partial charge in [-0.1, -0.05) is 12.1 Å². The minimum Gasteiger partial charge on any atom is -0.436 e. The standard InChI is InChI=1S/C19H20N4O5/c1-27-10-9-20-16(24)11-22-17(25)12-23-14-6-4-8-21-18(14)28-15-7-3-2-5-13(15)19(23)26/h2-8H,9-12H2,1H3,(H,20,24)(H,22,25). The predicted molar refractivity (Wildman–Crippen MR) is 100 cm³/mol. The van der Waals surface area contributed by atoms with Crippen LogP contribution < -0.4 is 20.3 Å². The number of amides is 3. The lowest BCUT2D eigenvalue weighted by Gasteiger charge is -2.20. The predicted octanol–water partition coefficient (Wildman–Crippen LogP) is 0.713. The summed E-state index contributed by atoms with van der Waals surface area (Å²) in [4.78, 5) is 42.5. The molecule has 0 radical (unpaired) electrons. The third-order valence-electron chi connectivity index (χ3n) is 3.99. The molecule has 3 rings (SSSR count). The van der Waals surface area contributed by atoms with Crippen molar-refractivity contribution in [2.24, 2.45) is 0 Å². The van der Waals surface area contributed by atoms with Gasteiger partial charge in [0, 0.05) is 19.9 Å². The summed E-state index contributed by atoms with van der Waals surface area (Å²) in [6, 6.07) is 10.1. The van der Waals surface area contributed by atoms with Crippen LogP contribution in [0.15, 0.2) is 42.6 Å². The van der Waals surface area contributed by atoms with Gasteiger partial charge >= 0.3 is 0 Å². The molecule has 28 heavy (non-hydrogen) atoms. The minimum atomic E-state index is -0.482. The quantitative estimate of drug-likeness (QED) is 0.681. The van der Waals surface area contributed by atoms with Gasteiger partial charge < -0.3 is 20.1 Å². The minimum absolute atomic E-state index is 0.197. The van der Waals surface area contributed by atoms with Gasteiger partial charge in [-0.05, 0) is 24.3 Å². The summed E-state index contributed by atoms with van der Waals surface area (Å²) in [5.74, 6) is -0.617. The lowest BCUT2D eigenvalue weighted by atomic mass is 10.1. The number of fused-ring (bicyclic) bond motifs is 2. The fourth-order valence-electron chi connectivity index (χ4n) is 2.65. The van der Waals surface area contributed by atoms with E-state index in [1.54, 1.807) is 42.6 Å². The molecule has 0 unspecified atom stereocenters. The maximum atomic E-state index is 13.0. The molecular weight excluding hydrogens is 364 g/mol. The number of benzene rings is 1. The number of anilines is 1. The Hall–Kier alpha value is -3.46.